The molecule has 0 radical (unpaired) electrons. The van der Waals surface area contributed by atoms with E-state index in [-0.39, 0.29) is 49.7 Å². The van der Waals surface area contributed by atoms with Crippen LogP contribution in [0.15, 0.2) is 48.2 Å². The second kappa shape index (κ2) is 13.0. The standard InChI is InChI=1S/C34H39N5O6/c1-20-6-7-30(21(2)14-20)45-19-23(41)17-35-26-4-3-5-29(42)31(26)32-36-27-15-24-25(16-28(27)37-32)34(44)39(33(24)43)18-22-8-10-38(11-9-22)12-13-40/h3-4,6-7,14-16,22-23,35,40-41H,5,8-13,17-19H2,1-2H3,(H,36,37)/t23-/m1/s1. The number of aliphatic hydroxyl groups is 2. The molecule has 2 aromatic carbocycles. The van der Waals surface area contributed by atoms with Gasteiger partial charge in [0.1, 0.15) is 24.3 Å². The molecule has 2 aliphatic heterocycles. The Morgan fingerprint density at radius 1 is 1.09 bits per heavy atom. The van der Waals surface area contributed by atoms with Gasteiger partial charge in [-0.3, -0.25) is 19.3 Å². The van der Waals surface area contributed by atoms with Gasteiger partial charge in [-0.2, -0.15) is 0 Å². The molecule has 3 aromatic rings. The largest absolute Gasteiger partial charge is 0.491 e. The van der Waals surface area contributed by atoms with Crippen molar-refractivity contribution in [2.45, 2.75) is 39.2 Å². The number of allylic oxidation sites excluding steroid dienone is 3. The molecule has 1 fully saturated rings. The summed E-state index contributed by atoms with van der Waals surface area (Å²) in [7, 11) is 0. The number of piperidine rings is 1. The Morgan fingerprint density at radius 2 is 1.84 bits per heavy atom. The molecule has 3 heterocycles. The Kier molecular flexibility index (Phi) is 8.84. The maximum absolute atomic E-state index is 13.3. The summed E-state index contributed by atoms with van der Waals surface area (Å²) in [6.07, 6.45) is 4.65. The maximum atomic E-state index is 13.3. The number of hydrogen-bond donors (Lipinski definition) is 4. The monoisotopic (exact) mass is 613 g/mol. The van der Waals surface area contributed by atoms with E-state index in [4.69, 9.17) is 4.74 Å². The van der Waals surface area contributed by atoms with Gasteiger partial charge in [-0.25, -0.2) is 4.98 Å². The fourth-order valence-electron chi connectivity index (χ4n) is 6.33. The van der Waals surface area contributed by atoms with Gasteiger partial charge < -0.3 is 30.2 Å². The Bertz CT molecular complexity index is 1650. The normalized spacial score (nSPS) is 18.3. The van der Waals surface area contributed by atoms with Crippen molar-refractivity contribution in [3.8, 4) is 5.75 Å². The number of fused-ring (bicyclic) bond motifs is 2. The van der Waals surface area contributed by atoms with E-state index in [0.29, 0.717) is 58.1 Å². The van der Waals surface area contributed by atoms with Crippen LogP contribution in [0.4, 0.5) is 0 Å². The summed E-state index contributed by atoms with van der Waals surface area (Å²) < 4.78 is 5.81. The van der Waals surface area contributed by atoms with Gasteiger partial charge in [0.05, 0.1) is 34.3 Å². The third kappa shape index (κ3) is 6.42. The highest BCUT2D eigenvalue weighted by Gasteiger charge is 2.38. The number of imide groups is 1. The smallest absolute Gasteiger partial charge is 0.261 e. The number of carbonyl (C=O) groups is 3. The van der Waals surface area contributed by atoms with Gasteiger partial charge in [0.2, 0.25) is 0 Å². The minimum atomic E-state index is -0.836. The molecule has 11 heteroatoms. The van der Waals surface area contributed by atoms with Crippen LogP contribution in [0, 0.1) is 19.8 Å². The number of H-pyrrole nitrogens is 1. The third-order valence-electron chi connectivity index (χ3n) is 8.80. The molecule has 11 nitrogen and oxygen atoms in total. The molecule has 45 heavy (non-hydrogen) atoms. The first-order chi connectivity index (χ1) is 21.7. The summed E-state index contributed by atoms with van der Waals surface area (Å²) in [6.45, 7) is 7.00. The molecule has 0 spiro atoms. The van der Waals surface area contributed by atoms with Crippen LogP contribution in [0.1, 0.15) is 56.9 Å². The van der Waals surface area contributed by atoms with Crippen molar-refractivity contribution in [1.82, 2.24) is 25.1 Å². The number of aryl methyl sites for hydroxylation is 2. The fraction of sp³-hybridized carbons (Fsp3) is 0.412. The molecule has 236 valence electrons. The second-order valence-electron chi connectivity index (χ2n) is 12.2. The summed E-state index contributed by atoms with van der Waals surface area (Å²) >= 11 is 0. The number of ketones is 1. The van der Waals surface area contributed by atoms with Crippen LogP contribution in [0.2, 0.25) is 0 Å². The number of nitrogens with zero attached hydrogens (tertiary/aromatic N) is 3. The lowest BCUT2D eigenvalue weighted by Crippen LogP contribution is -2.41. The number of amides is 2. The van der Waals surface area contributed by atoms with Gasteiger partial charge in [-0.05, 0) is 75.5 Å². The lowest BCUT2D eigenvalue weighted by molar-refractivity contribution is -0.113. The Morgan fingerprint density at radius 3 is 2.58 bits per heavy atom. The number of nitrogens with one attached hydrogen (secondary N) is 2. The number of benzene rings is 2. The molecule has 1 atom stereocenters. The zero-order valence-electron chi connectivity index (χ0n) is 25.6. The SMILES string of the molecule is Cc1ccc(OC[C@H](O)CNC2=C(c3nc4cc5c(cc4[nH]3)C(=O)N(CC3CCN(CCO)CC3)C5=O)C(=O)CC=C2)c(C)c1. The number of β-amino-alcohol motifs (C(OH)–C–C–N with tert-alkyl or cyclic N) is 1. The van der Waals surface area contributed by atoms with Gasteiger partial charge in [-0.1, -0.05) is 23.8 Å². The minimum absolute atomic E-state index is 0.0787. The van der Waals surface area contributed by atoms with Crippen LogP contribution in [0.5, 0.6) is 5.75 Å². The summed E-state index contributed by atoms with van der Waals surface area (Å²) in [5.41, 5.74) is 4.68. The number of carbonyl (C=O) groups excluding carboxylic acids is 3. The van der Waals surface area contributed by atoms with Crippen molar-refractivity contribution >= 4 is 34.2 Å². The highest BCUT2D eigenvalue weighted by atomic mass is 16.5. The molecule has 3 aliphatic rings. The molecule has 1 saturated heterocycles. The van der Waals surface area contributed by atoms with Crippen LogP contribution in [-0.2, 0) is 4.79 Å². The van der Waals surface area contributed by atoms with Gasteiger partial charge in [0, 0.05) is 31.8 Å². The Balaban J connectivity index is 1.15. The van der Waals surface area contributed by atoms with E-state index in [9.17, 15) is 24.6 Å². The summed E-state index contributed by atoms with van der Waals surface area (Å²) in [5, 5.41) is 23.0. The van der Waals surface area contributed by atoms with E-state index in [2.05, 4.69) is 20.2 Å². The molecule has 0 unspecified atom stereocenters. The molecule has 2 amide bonds. The molecular formula is C34H39N5O6. The van der Waals surface area contributed by atoms with Gasteiger partial charge in [0.15, 0.2) is 5.78 Å². The maximum Gasteiger partial charge on any atom is 0.261 e. The number of rotatable bonds is 11. The summed E-state index contributed by atoms with van der Waals surface area (Å²) in [5.74, 6) is 0.475. The number of Topliss-reactive ketones (excluding diaryl/α,β-unsaturated/α-hetero) is 1. The average molecular weight is 614 g/mol. The van der Waals surface area contributed by atoms with Crippen molar-refractivity contribution < 1.29 is 29.3 Å². The summed E-state index contributed by atoms with van der Waals surface area (Å²) in [4.78, 5) is 51.1. The van der Waals surface area contributed by atoms with E-state index in [1.165, 1.54) is 4.90 Å². The van der Waals surface area contributed by atoms with E-state index in [1.807, 2.05) is 32.0 Å². The van der Waals surface area contributed by atoms with Crippen LogP contribution in [0.25, 0.3) is 16.6 Å². The number of aliphatic hydroxyl groups excluding tert-OH is 2. The van der Waals surface area contributed by atoms with Crippen molar-refractivity contribution in [1.29, 1.82) is 0 Å². The quantitative estimate of drug-likeness (QED) is 0.240. The first kappa shape index (κ1) is 30.7. The summed E-state index contributed by atoms with van der Waals surface area (Å²) in [6, 6.07) is 9.13. The number of aromatic nitrogens is 2. The predicted octanol–water partition coefficient (Wildman–Crippen LogP) is 2.75. The molecule has 0 bridgehead atoms. The van der Waals surface area contributed by atoms with Gasteiger partial charge in [0.25, 0.3) is 11.8 Å². The Labute approximate surface area is 261 Å². The highest BCUT2D eigenvalue weighted by Crippen LogP contribution is 2.31. The topological polar surface area (TPSA) is 148 Å². The lowest BCUT2D eigenvalue weighted by Gasteiger charge is -2.32. The van der Waals surface area contributed by atoms with Crippen LogP contribution in [-0.4, -0.2) is 99.6 Å². The van der Waals surface area contributed by atoms with E-state index < -0.39 is 6.10 Å². The number of ether oxygens (including phenoxy) is 1. The van der Waals surface area contributed by atoms with Crippen molar-refractivity contribution in [2.24, 2.45) is 5.92 Å². The van der Waals surface area contributed by atoms with Crippen molar-refractivity contribution in [3.05, 3.63) is 76.3 Å². The first-order valence-corrected chi connectivity index (χ1v) is 15.5. The first-order valence-electron chi connectivity index (χ1n) is 15.5. The van der Waals surface area contributed by atoms with Gasteiger partial charge in [-0.15, -0.1) is 0 Å². The van der Waals surface area contributed by atoms with Crippen molar-refractivity contribution in [2.75, 3.05) is 45.9 Å². The third-order valence-corrected chi connectivity index (χ3v) is 8.80. The lowest BCUT2D eigenvalue weighted by atomic mass is 9.96. The highest BCUT2D eigenvalue weighted by molar-refractivity contribution is 6.24. The number of hydrogen-bond acceptors (Lipinski definition) is 9. The van der Waals surface area contributed by atoms with Crippen molar-refractivity contribution in [3.63, 3.8) is 0 Å². The molecule has 1 aliphatic carbocycles. The minimum Gasteiger partial charge on any atom is -0.491 e. The van der Waals surface area contributed by atoms with Gasteiger partial charge >= 0.3 is 0 Å². The average Bonchev–Trinajstić information content (AvgIpc) is 3.53. The number of aromatic amines is 1. The molecule has 6 rings (SSSR count). The zero-order valence-corrected chi connectivity index (χ0v) is 25.6. The predicted molar refractivity (Wildman–Crippen MR) is 169 cm³/mol. The van der Waals surface area contributed by atoms with E-state index in [0.717, 1.165) is 37.1 Å². The molecule has 0 saturated carbocycles. The second-order valence-corrected chi connectivity index (χ2v) is 12.2. The zero-order chi connectivity index (χ0) is 31.7. The Hall–Kier alpha value is -4.32. The van der Waals surface area contributed by atoms with Crippen LogP contribution in [0.3, 0.4) is 0 Å². The molecule has 1 aromatic heterocycles. The number of likely N-dealkylation sites (tertiary alicyclic amines) is 1. The van der Waals surface area contributed by atoms with Crippen LogP contribution >= 0.6 is 0 Å². The van der Waals surface area contributed by atoms with E-state index in [1.54, 1.807) is 24.3 Å². The number of imidazole rings is 1. The van der Waals surface area contributed by atoms with E-state index >= 15 is 0 Å². The molecular weight excluding hydrogens is 574 g/mol. The fourth-order valence-corrected chi connectivity index (χ4v) is 6.33. The van der Waals surface area contributed by atoms with Crippen LogP contribution < -0.4 is 10.1 Å². The molecule has 4 N–H and O–H groups in total.